The van der Waals surface area contributed by atoms with Gasteiger partial charge in [-0.15, -0.1) is 0 Å². The number of pyridine rings is 1. The van der Waals surface area contributed by atoms with Crippen LogP contribution in [0.3, 0.4) is 0 Å². The van der Waals surface area contributed by atoms with E-state index < -0.39 is 6.04 Å². The summed E-state index contributed by atoms with van der Waals surface area (Å²) in [6.45, 7) is 11.4. The maximum Gasteiger partial charge on any atom is 0.237 e. The highest BCUT2D eigenvalue weighted by Crippen LogP contribution is 2.36. The number of hydrogen-bond donors (Lipinski definition) is 3. The van der Waals surface area contributed by atoms with E-state index in [1.54, 1.807) is 6.20 Å². The van der Waals surface area contributed by atoms with Crippen molar-refractivity contribution in [2.45, 2.75) is 53.6 Å². The van der Waals surface area contributed by atoms with Crippen molar-refractivity contribution in [1.82, 2.24) is 10.3 Å². The van der Waals surface area contributed by atoms with Crippen LogP contribution >= 0.6 is 0 Å². The molecule has 3 rings (SSSR count). The minimum atomic E-state index is -0.518. The van der Waals surface area contributed by atoms with E-state index in [-0.39, 0.29) is 11.8 Å². The molecule has 0 bridgehead atoms. The fourth-order valence-electron chi connectivity index (χ4n) is 3.88. The Morgan fingerprint density at radius 1 is 1.03 bits per heavy atom. The summed E-state index contributed by atoms with van der Waals surface area (Å²) >= 11 is 0. The van der Waals surface area contributed by atoms with Gasteiger partial charge in [0.2, 0.25) is 5.91 Å². The van der Waals surface area contributed by atoms with Gasteiger partial charge in [-0.25, -0.2) is 0 Å². The van der Waals surface area contributed by atoms with E-state index in [0.29, 0.717) is 31.3 Å². The predicted molar refractivity (Wildman–Crippen MR) is 138 cm³/mol. The lowest BCUT2D eigenvalue weighted by Gasteiger charge is -2.19. The molecule has 0 saturated heterocycles. The molecule has 0 spiro atoms. The van der Waals surface area contributed by atoms with Crippen molar-refractivity contribution >= 4 is 28.2 Å². The molecule has 34 heavy (non-hydrogen) atoms. The monoisotopic (exact) mass is 464 g/mol. The van der Waals surface area contributed by atoms with Crippen molar-refractivity contribution in [3.8, 4) is 11.5 Å². The summed E-state index contributed by atoms with van der Waals surface area (Å²) in [5.41, 5.74) is 10.9. The standard InChI is InChI=1S/C27H36N4O3/c1-6-19-18(16-30-27(32)26(28)17(4)5)10-9-11-21(19)31-22-12-13-29-23-15-25(34-8-3)24(33-7-2)14-20(22)23/h9-15,17,26H,6-8,16,28H2,1-5H3,(H,29,31)(H,30,32)/t26-/m1/s1. The number of rotatable bonds is 11. The van der Waals surface area contributed by atoms with E-state index in [1.165, 1.54) is 0 Å². The molecule has 3 aromatic rings. The predicted octanol–water partition coefficient (Wildman–Crippen LogP) is 4.94. The van der Waals surface area contributed by atoms with Crippen LogP contribution in [0.4, 0.5) is 11.4 Å². The Hall–Kier alpha value is -3.32. The molecule has 182 valence electrons. The Morgan fingerprint density at radius 3 is 2.38 bits per heavy atom. The average molecular weight is 465 g/mol. The molecular formula is C27H36N4O3. The van der Waals surface area contributed by atoms with Gasteiger partial charge in [0.05, 0.1) is 24.8 Å². The maximum atomic E-state index is 12.4. The zero-order chi connectivity index (χ0) is 24.7. The van der Waals surface area contributed by atoms with Crippen LogP contribution in [-0.4, -0.2) is 30.1 Å². The first kappa shape index (κ1) is 25.3. The fourth-order valence-corrected chi connectivity index (χ4v) is 3.88. The molecule has 0 saturated carbocycles. The molecule has 0 unspecified atom stereocenters. The second kappa shape index (κ2) is 11.7. The minimum Gasteiger partial charge on any atom is -0.490 e. The summed E-state index contributed by atoms with van der Waals surface area (Å²) in [6, 6.07) is 11.4. The molecule has 0 fully saturated rings. The van der Waals surface area contributed by atoms with Gasteiger partial charge in [-0.2, -0.15) is 0 Å². The molecule has 7 nitrogen and oxygen atoms in total. The fraction of sp³-hybridized carbons (Fsp3) is 0.407. The van der Waals surface area contributed by atoms with Gasteiger partial charge in [-0.1, -0.05) is 32.9 Å². The Kier molecular flexibility index (Phi) is 8.71. The number of ether oxygens (including phenoxy) is 2. The van der Waals surface area contributed by atoms with Crippen LogP contribution in [0, 0.1) is 5.92 Å². The molecule has 0 aliphatic carbocycles. The highest BCUT2D eigenvalue weighted by Gasteiger charge is 2.18. The number of carbonyl (C=O) groups is 1. The van der Waals surface area contributed by atoms with Crippen LogP contribution in [0.15, 0.2) is 42.6 Å². The summed E-state index contributed by atoms with van der Waals surface area (Å²) in [6.07, 6.45) is 2.59. The van der Waals surface area contributed by atoms with Crippen LogP contribution in [0.1, 0.15) is 45.7 Å². The lowest BCUT2D eigenvalue weighted by molar-refractivity contribution is -0.123. The van der Waals surface area contributed by atoms with Crippen molar-refractivity contribution in [2.24, 2.45) is 11.7 Å². The molecule has 0 aliphatic rings. The van der Waals surface area contributed by atoms with Crippen LogP contribution < -0.4 is 25.8 Å². The van der Waals surface area contributed by atoms with Gasteiger partial charge in [0.25, 0.3) is 0 Å². The number of nitrogens with two attached hydrogens (primary N) is 1. The number of nitrogens with zero attached hydrogens (tertiary/aromatic N) is 1. The first-order valence-electron chi connectivity index (χ1n) is 12.0. The highest BCUT2D eigenvalue weighted by atomic mass is 16.5. The largest absolute Gasteiger partial charge is 0.490 e. The second-order valence-electron chi connectivity index (χ2n) is 8.45. The van der Waals surface area contributed by atoms with Gasteiger partial charge in [-0.05, 0) is 55.5 Å². The minimum absolute atomic E-state index is 0.0865. The van der Waals surface area contributed by atoms with E-state index in [9.17, 15) is 4.79 Å². The van der Waals surface area contributed by atoms with Gasteiger partial charge in [0.1, 0.15) is 0 Å². The van der Waals surface area contributed by atoms with E-state index in [1.807, 2.05) is 64.1 Å². The summed E-state index contributed by atoms with van der Waals surface area (Å²) in [7, 11) is 0. The van der Waals surface area contributed by atoms with E-state index in [2.05, 4.69) is 22.5 Å². The van der Waals surface area contributed by atoms with E-state index in [4.69, 9.17) is 15.2 Å². The third kappa shape index (κ3) is 5.78. The van der Waals surface area contributed by atoms with Gasteiger partial charge < -0.3 is 25.8 Å². The number of nitrogens with one attached hydrogen (secondary N) is 2. The zero-order valence-corrected chi connectivity index (χ0v) is 20.8. The molecule has 7 heteroatoms. The molecule has 0 radical (unpaired) electrons. The topological polar surface area (TPSA) is 98.5 Å². The number of benzene rings is 2. The van der Waals surface area contributed by atoms with Crippen molar-refractivity contribution < 1.29 is 14.3 Å². The third-order valence-electron chi connectivity index (χ3n) is 5.78. The van der Waals surface area contributed by atoms with Crippen LogP contribution in [0.2, 0.25) is 0 Å². The normalized spacial score (nSPS) is 12.0. The van der Waals surface area contributed by atoms with Crippen molar-refractivity contribution in [2.75, 3.05) is 18.5 Å². The van der Waals surface area contributed by atoms with E-state index >= 15 is 0 Å². The Balaban J connectivity index is 1.93. The Labute approximate surface area is 202 Å². The molecule has 2 aromatic carbocycles. The number of fused-ring (bicyclic) bond motifs is 1. The van der Waals surface area contributed by atoms with E-state index in [0.717, 1.165) is 39.8 Å². The second-order valence-corrected chi connectivity index (χ2v) is 8.45. The summed E-state index contributed by atoms with van der Waals surface area (Å²) < 4.78 is 11.6. The number of amides is 1. The molecule has 4 N–H and O–H groups in total. The number of carbonyl (C=O) groups excluding carboxylic acids is 1. The smallest absolute Gasteiger partial charge is 0.237 e. The first-order chi connectivity index (χ1) is 16.4. The SMILES string of the molecule is CCOc1cc2nccc(Nc3cccc(CNC(=O)[C@H](N)C(C)C)c3CC)c2cc1OCC. The Bertz CT molecular complexity index is 1130. The van der Waals surface area contributed by atoms with Gasteiger partial charge in [0, 0.05) is 35.6 Å². The van der Waals surface area contributed by atoms with Crippen molar-refractivity contribution in [1.29, 1.82) is 0 Å². The van der Waals surface area contributed by atoms with Gasteiger partial charge >= 0.3 is 0 Å². The zero-order valence-electron chi connectivity index (χ0n) is 20.8. The van der Waals surface area contributed by atoms with Crippen molar-refractivity contribution in [3.63, 3.8) is 0 Å². The van der Waals surface area contributed by atoms with Crippen molar-refractivity contribution in [3.05, 3.63) is 53.7 Å². The molecule has 0 aliphatic heterocycles. The Morgan fingerprint density at radius 2 is 1.74 bits per heavy atom. The molecule has 1 aromatic heterocycles. The maximum absolute atomic E-state index is 12.4. The van der Waals surface area contributed by atoms with Crippen LogP contribution in [0.25, 0.3) is 10.9 Å². The molecule has 1 heterocycles. The molecule has 1 amide bonds. The quantitative estimate of drug-likeness (QED) is 0.372. The summed E-state index contributed by atoms with van der Waals surface area (Å²) in [4.78, 5) is 16.9. The van der Waals surface area contributed by atoms with Crippen LogP contribution in [0.5, 0.6) is 11.5 Å². The van der Waals surface area contributed by atoms with Gasteiger partial charge in [0.15, 0.2) is 11.5 Å². The highest BCUT2D eigenvalue weighted by molar-refractivity contribution is 5.95. The van der Waals surface area contributed by atoms with Gasteiger partial charge in [-0.3, -0.25) is 9.78 Å². The first-order valence-corrected chi connectivity index (χ1v) is 12.0. The lowest BCUT2D eigenvalue weighted by Crippen LogP contribution is -2.43. The average Bonchev–Trinajstić information content (AvgIpc) is 2.83. The molecule has 1 atom stereocenters. The number of anilines is 2. The third-order valence-corrected chi connectivity index (χ3v) is 5.78. The summed E-state index contributed by atoms with van der Waals surface area (Å²) in [5, 5.41) is 7.51. The van der Waals surface area contributed by atoms with Crippen LogP contribution in [-0.2, 0) is 17.8 Å². The molecular weight excluding hydrogens is 428 g/mol. The number of aromatic nitrogens is 1. The summed E-state index contributed by atoms with van der Waals surface area (Å²) in [5.74, 6) is 1.34. The number of hydrogen-bond acceptors (Lipinski definition) is 6. The lowest BCUT2D eigenvalue weighted by atomic mass is 10.0.